The minimum atomic E-state index is -0.372. The van der Waals surface area contributed by atoms with Crippen LogP contribution in [0.25, 0.3) is 0 Å². The molecule has 0 aromatic heterocycles. The molecule has 0 aromatic rings. The molecule has 3 nitrogen and oxygen atoms in total. The van der Waals surface area contributed by atoms with Crippen LogP contribution in [0.15, 0.2) is 23.8 Å². The molecule has 9 aliphatic carbocycles. The van der Waals surface area contributed by atoms with E-state index in [4.69, 9.17) is 4.74 Å². The molecular weight excluding hydrogens is 733 g/mol. The molecule has 336 valence electrons. The fourth-order valence-electron chi connectivity index (χ4n) is 20.3. The van der Waals surface area contributed by atoms with Crippen LogP contribution >= 0.6 is 0 Å². The fraction of sp³-hybridized carbons (Fsp3) is 0.895. The van der Waals surface area contributed by atoms with Gasteiger partial charge in [0, 0.05) is 18.3 Å². The smallest absolute Gasteiger partial charge is 0.312 e. The van der Waals surface area contributed by atoms with E-state index in [2.05, 4.69) is 88.8 Å². The van der Waals surface area contributed by atoms with Crippen molar-refractivity contribution in [2.24, 2.45) is 103 Å². The first-order chi connectivity index (χ1) is 28.2. The summed E-state index contributed by atoms with van der Waals surface area (Å²) in [6.07, 6.45) is 27.9. The number of hydrogen-bond acceptors (Lipinski definition) is 3. The molecule has 0 heterocycles. The molecule has 0 amide bonds. The van der Waals surface area contributed by atoms with E-state index in [-0.39, 0.29) is 44.6 Å². The molecule has 0 aliphatic heterocycles. The van der Waals surface area contributed by atoms with Gasteiger partial charge in [0.1, 0.15) is 11.9 Å². The van der Waals surface area contributed by atoms with E-state index in [0.717, 1.165) is 86.9 Å². The molecule has 0 radical (unpaired) electrons. The van der Waals surface area contributed by atoms with Crippen molar-refractivity contribution in [2.75, 3.05) is 0 Å². The summed E-state index contributed by atoms with van der Waals surface area (Å²) in [5.74, 6) is 8.12. The number of fused-ring (bicyclic) bond motifs is 12. The minimum absolute atomic E-state index is 0.0258. The number of allylic oxidation sites excluding steroid dienone is 2. The van der Waals surface area contributed by atoms with E-state index in [9.17, 15) is 4.79 Å². The minimum Gasteiger partial charge on any atom is -0.462 e. The lowest BCUT2D eigenvalue weighted by atomic mass is 9.32. The molecule has 9 rings (SSSR count). The monoisotopic (exact) mass is 823 g/mol. The van der Waals surface area contributed by atoms with Crippen molar-refractivity contribution in [3.63, 3.8) is 0 Å². The highest BCUT2D eigenvalue weighted by Gasteiger charge is 2.72. The Morgan fingerprint density at radius 3 is 2.23 bits per heavy atom. The first-order valence-corrected chi connectivity index (χ1v) is 26.3. The van der Waals surface area contributed by atoms with Crippen LogP contribution in [-0.2, 0) is 14.3 Å². The second-order valence-electron chi connectivity index (χ2n) is 26.5. The second-order valence-corrected chi connectivity index (χ2v) is 26.5. The Bertz CT molecular complexity index is 1750. The standard InChI is InChI=1S/C57H90O3/c1-35(2)14-13-15-37(5)42-18-19-43-41-17-16-38-34-39(22-27-52(38,8)44(41)24-28-53(42,43)9)60-50(59)57-31-23-40(36(3)4)49(57)45-20-21-47-54(10)29-26-48(58)51(6,7)46(54)25-30-56(47,12)55(45,11)32-33-57/h16,35,37,39-47,49H,3,13-15,17-34H2,1-2,4-12H3/t37-,39-,40?,41+,42-,43+,44+,45-,46?,47-,49?,52+,53-,54+,55-,56-,57+/m1/s1. The highest BCUT2D eigenvalue weighted by atomic mass is 16.5. The van der Waals surface area contributed by atoms with Gasteiger partial charge in [-0.25, -0.2) is 0 Å². The SMILES string of the molecule is C=C(C)C1CC[C@]2(C(=O)O[C@@H]3CC[C@@]4(C)C(=CC[C@H]5[C@@H]6CC[C@H]([C@H](C)CCCC(C)C)[C@@]6(C)CC[C@@H]54)C3)CC[C@]3(C)[C@H](CC[C@@H]4[C@@]5(C)CCC(=O)C(C)(C)C5CC[C@]43C)C12. The lowest BCUT2D eigenvalue weighted by molar-refractivity contribution is -0.237. The molecule has 8 saturated carbocycles. The maximum atomic E-state index is 15.2. The average molecular weight is 823 g/mol. The van der Waals surface area contributed by atoms with Crippen molar-refractivity contribution in [1.29, 1.82) is 0 Å². The third kappa shape index (κ3) is 6.09. The third-order valence-corrected chi connectivity index (χ3v) is 23.8. The predicted octanol–water partition coefficient (Wildman–Crippen LogP) is 15.2. The number of hydrogen-bond donors (Lipinski definition) is 0. The zero-order valence-electron chi connectivity index (χ0n) is 40.8. The summed E-state index contributed by atoms with van der Waals surface area (Å²) in [4.78, 5) is 28.5. The molecule has 8 fully saturated rings. The van der Waals surface area contributed by atoms with Crippen molar-refractivity contribution < 1.29 is 14.3 Å². The van der Waals surface area contributed by atoms with Gasteiger partial charge in [0.25, 0.3) is 0 Å². The van der Waals surface area contributed by atoms with Crippen molar-refractivity contribution in [3.05, 3.63) is 23.8 Å². The predicted molar refractivity (Wildman–Crippen MR) is 247 cm³/mol. The molecule has 0 aromatic carbocycles. The Hall–Kier alpha value is -1.38. The van der Waals surface area contributed by atoms with E-state index < -0.39 is 0 Å². The van der Waals surface area contributed by atoms with Gasteiger partial charge in [0.2, 0.25) is 0 Å². The van der Waals surface area contributed by atoms with Gasteiger partial charge in [0.15, 0.2) is 0 Å². The summed E-state index contributed by atoms with van der Waals surface area (Å²) in [6.45, 7) is 32.1. The van der Waals surface area contributed by atoms with Gasteiger partial charge in [-0.3, -0.25) is 9.59 Å². The van der Waals surface area contributed by atoms with E-state index in [1.54, 1.807) is 5.57 Å². The largest absolute Gasteiger partial charge is 0.462 e. The first kappa shape index (κ1) is 43.9. The lowest BCUT2D eigenvalue weighted by Crippen LogP contribution is -2.66. The molecule has 3 heteroatoms. The zero-order chi connectivity index (χ0) is 43.0. The van der Waals surface area contributed by atoms with Gasteiger partial charge < -0.3 is 4.74 Å². The first-order valence-electron chi connectivity index (χ1n) is 26.3. The Morgan fingerprint density at radius 1 is 0.750 bits per heavy atom. The highest BCUT2D eigenvalue weighted by molar-refractivity contribution is 5.85. The number of Topliss-reactive ketones (excluding diaryl/α,β-unsaturated/α-hetero) is 1. The second kappa shape index (κ2) is 14.8. The van der Waals surface area contributed by atoms with E-state index in [1.807, 2.05) is 0 Å². The van der Waals surface area contributed by atoms with Gasteiger partial charge in [0.05, 0.1) is 5.41 Å². The molecular formula is C57H90O3. The molecule has 17 atom stereocenters. The van der Waals surface area contributed by atoms with Crippen LogP contribution in [0.1, 0.15) is 211 Å². The quantitative estimate of drug-likeness (QED) is 0.181. The molecule has 0 spiro atoms. The number of esters is 1. The maximum Gasteiger partial charge on any atom is 0.312 e. The van der Waals surface area contributed by atoms with Crippen molar-refractivity contribution >= 4 is 11.8 Å². The average Bonchev–Trinajstić information content (AvgIpc) is 3.76. The van der Waals surface area contributed by atoms with Crippen molar-refractivity contribution in [1.82, 2.24) is 0 Å². The Labute approximate surface area is 368 Å². The van der Waals surface area contributed by atoms with Crippen LogP contribution in [0, 0.1) is 103 Å². The van der Waals surface area contributed by atoms with Gasteiger partial charge in [-0.2, -0.15) is 0 Å². The zero-order valence-corrected chi connectivity index (χ0v) is 40.8. The Kier molecular flexibility index (Phi) is 10.8. The fourth-order valence-corrected chi connectivity index (χ4v) is 20.3. The van der Waals surface area contributed by atoms with Crippen LogP contribution in [0.2, 0.25) is 0 Å². The van der Waals surface area contributed by atoms with E-state index >= 15 is 4.79 Å². The third-order valence-electron chi connectivity index (χ3n) is 23.8. The summed E-state index contributed by atoms with van der Waals surface area (Å²) in [6, 6.07) is 0. The maximum absolute atomic E-state index is 15.2. The molecule has 60 heavy (non-hydrogen) atoms. The molecule has 0 N–H and O–H groups in total. The molecule has 0 saturated heterocycles. The van der Waals surface area contributed by atoms with Crippen molar-refractivity contribution in [2.45, 2.75) is 217 Å². The molecule has 9 aliphatic rings. The highest BCUT2D eigenvalue weighted by Crippen LogP contribution is 2.78. The van der Waals surface area contributed by atoms with Gasteiger partial charge >= 0.3 is 5.97 Å². The van der Waals surface area contributed by atoms with Gasteiger partial charge in [-0.05, 0) is 202 Å². The topological polar surface area (TPSA) is 43.4 Å². The Balaban J connectivity index is 0.913. The van der Waals surface area contributed by atoms with E-state index in [1.165, 1.54) is 89.0 Å². The summed E-state index contributed by atoms with van der Waals surface area (Å²) in [7, 11) is 0. The normalized spacial score (nSPS) is 50.8. The molecule has 0 bridgehead atoms. The van der Waals surface area contributed by atoms with Gasteiger partial charge in [-0.1, -0.05) is 112 Å². The number of rotatable bonds is 8. The van der Waals surface area contributed by atoms with Crippen molar-refractivity contribution in [3.8, 4) is 0 Å². The van der Waals surface area contributed by atoms with Crippen LogP contribution < -0.4 is 0 Å². The van der Waals surface area contributed by atoms with Crippen LogP contribution in [0.5, 0.6) is 0 Å². The van der Waals surface area contributed by atoms with Crippen LogP contribution in [0.3, 0.4) is 0 Å². The molecule has 3 unspecified atom stereocenters. The van der Waals surface area contributed by atoms with Crippen LogP contribution in [-0.4, -0.2) is 17.9 Å². The number of carbonyl (C=O) groups excluding carboxylic acids is 2. The Morgan fingerprint density at radius 2 is 1.50 bits per heavy atom. The summed E-state index contributed by atoms with van der Waals surface area (Å²) in [5.41, 5.74) is 3.74. The van der Waals surface area contributed by atoms with Gasteiger partial charge in [-0.15, -0.1) is 0 Å². The summed E-state index contributed by atoms with van der Waals surface area (Å²) >= 11 is 0. The lowest BCUT2D eigenvalue weighted by Gasteiger charge is -2.72. The summed E-state index contributed by atoms with van der Waals surface area (Å²) < 4.78 is 6.99. The summed E-state index contributed by atoms with van der Waals surface area (Å²) in [5, 5.41) is 0. The number of ether oxygens (including phenoxy) is 1. The number of ketones is 1. The van der Waals surface area contributed by atoms with Crippen LogP contribution in [0.4, 0.5) is 0 Å². The van der Waals surface area contributed by atoms with E-state index in [0.29, 0.717) is 40.8 Å². The number of carbonyl (C=O) groups is 2.